The minimum atomic E-state index is -0.288. The number of nitrogens with one attached hydrogen (secondary N) is 1. The van der Waals surface area contributed by atoms with Gasteiger partial charge in [-0.15, -0.1) is 0 Å². The summed E-state index contributed by atoms with van der Waals surface area (Å²) in [4.78, 5) is 14.2. The van der Waals surface area contributed by atoms with Gasteiger partial charge in [-0.3, -0.25) is 9.69 Å². The molecule has 2 rings (SSSR count). The van der Waals surface area contributed by atoms with Crippen LogP contribution in [0.15, 0.2) is 48.5 Å². The Balaban J connectivity index is 1.87. The molecule has 0 saturated carbocycles. The van der Waals surface area contributed by atoms with Gasteiger partial charge >= 0.3 is 0 Å². The summed E-state index contributed by atoms with van der Waals surface area (Å²) in [5.74, 6) is -0.295. The van der Waals surface area contributed by atoms with Gasteiger partial charge in [0.1, 0.15) is 5.82 Å². The van der Waals surface area contributed by atoms with Crippen LogP contribution in [0.3, 0.4) is 0 Å². The molecule has 4 heteroatoms. The monoisotopic (exact) mass is 314 g/mol. The van der Waals surface area contributed by atoms with Crippen molar-refractivity contribution in [3.05, 3.63) is 71.0 Å². The predicted octanol–water partition coefficient (Wildman–Crippen LogP) is 3.27. The van der Waals surface area contributed by atoms with Crippen LogP contribution in [0.1, 0.15) is 23.6 Å². The van der Waals surface area contributed by atoms with Crippen molar-refractivity contribution in [1.29, 1.82) is 0 Å². The fourth-order valence-corrected chi connectivity index (χ4v) is 2.30. The van der Waals surface area contributed by atoms with Crippen LogP contribution in [0.5, 0.6) is 0 Å². The molecule has 0 aliphatic carbocycles. The summed E-state index contributed by atoms with van der Waals surface area (Å²) in [5, 5.41) is 2.94. The summed E-state index contributed by atoms with van der Waals surface area (Å²) in [6.45, 7) is 4.92. The third-order valence-corrected chi connectivity index (χ3v) is 3.95. The van der Waals surface area contributed by atoms with Crippen molar-refractivity contribution in [2.75, 3.05) is 7.05 Å². The van der Waals surface area contributed by atoms with Crippen LogP contribution in [0.25, 0.3) is 0 Å². The molecule has 1 amide bonds. The Hall–Kier alpha value is -2.20. The summed E-state index contributed by atoms with van der Waals surface area (Å²) >= 11 is 0. The Labute approximate surface area is 137 Å². The first-order chi connectivity index (χ1) is 11.0. The number of hydrogen-bond acceptors (Lipinski definition) is 2. The second-order valence-corrected chi connectivity index (χ2v) is 5.92. The van der Waals surface area contributed by atoms with E-state index >= 15 is 0 Å². The Morgan fingerprint density at radius 3 is 2.52 bits per heavy atom. The third-order valence-electron chi connectivity index (χ3n) is 3.95. The number of rotatable bonds is 6. The van der Waals surface area contributed by atoms with Gasteiger partial charge in [0.15, 0.2) is 0 Å². The lowest BCUT2D eigenvalue weighted by molar-refractivity contribution is -0.125. The number of carbonyl (C=O) groups is 1. The van der Waals surface area contributed by atoms with Gasteiger partial charge in [0, 0.05) is 13.1 Å². The van der Waals surface area contributed by atoms with Crippen LogP contribution in [0, 0.1) is 12.7 Å². The third kappa shape index (κ3) is 5.18. The average molecular weight is 314 g/mol. The summed E-state index contributed by atoms with van der Waals surface area (Å²) in [6, 6.07) is 14.2. The molecule has 0 bridgehead atoms. The van der Waals surface area contributed by atoms with E-state index in [1.54, 1.807) is 6.07 Å². The number of carbonyl (C=O) groups excluding carboxylic acids is 1. The van der Waals surface area contributed by atoms with Crippen LogP contribution in [-0.4, -0.2) is 23.9 Å². The maximum Gasteiger partial charge on any atom is 0.237 e. The molecular formula is C19H23FN2O. The first kappa shape index (κ1) is 17.2. The number of nitrogens with zero attached hydrogens (tertiary/aromatic N) is 1. The highest BCUT2D eigenvalue weighted by atomic mass is 19.1. The summed E-state index contributed by atoms with van der Waals surface area (Å²) in [7, 11) is 1.86. The van der Waals surface area contributed by atoms with Crippen LogP contribution in [0.4, 0.5) is 4.39 Å². The Kier molecular flexibility index (Phi) is 5.88. The highest BCUT2D eigenvalue weighted by Crippen LogP contribution is 2.09. The summed E-state index contributed by atoms with van der Waals surface area (Å²) in [6.07, 6.45) is 0. The molecule has 0 aliphatic rings. The zero-order valence-corrected chi connectivity index (χ0v) is 13.8. The quantitative estimate of drug-likeness (QED) is 0.887. The highest BCUT2D eigenvalue weighted by molar-refractivity contribution is 5.81. The van der Waals surface area contributed by atoms with Gasteiger partial charge in [-0.05, 0) is 44.2 Å². The Morgan fingerprint density at radius 1 is 1.17 bits per heavy atom. The molecule has 2 aromatic rings. The van der Waals surface area contributed by atoms with E-state index in [0.717, 1.165) is 11.1 Å². The minimum absolute atomic E-state index is 0.0375. The van der Waals surface area contributed by atoms with Crippen molar-refractivity contribution in [2.45, 2.75) is 33.0 Å². The van der Waals surface area contributed by atoms with Gasteiger partial charge in [-0.25, -0.2) is 4.39 Å². The molecule has 1 N–H and O–H groups in total. The SMILES string of the molecule is Cc1ccc(CNC(=O)C(C)N(C)Cc2cccc(F)c2)cc1. The molecule has 0 aliphatic heterocycles. The number of hydrogen-bond donors (Lipinski definition) is 1. The molecule has 23 heavy (non-hydrogen) atoms. The van der Waals surface area contributed by atoms with Crippen LogP contribution < -0.4 is 5.32 Å². The number of amides is 1. The number of benzene rings is 2. The van der Waals surface area contributed by atoms with E-state index in [9.17, 15) is 9.18 Å². The van der Waals surface area contributed by atoms with E-state index in [2.05, 4.69) is 5.32 Å². The maximum absolute atomic E-state index is 13.2. The largest absolute Gasteiger partial charge is 0.351 e. The molecule has 0 radical (unpaired) electrons. The fourth-order valence-electron chi connectivity index (χ4n) is 2.30. The van der Waals surface area contributed by atoms with E-state index in [0.29, 0.717) is 13.1 Å². The van der Waals surface area contributed by atoms with E-state index < -0.39 is 0 Å². The summed E-state index contributed by atoms with van der Waals surface area (Å²) < 4.78 is 13.2. The molecule has 2 aromatic carbocycles. The van der Waals surface area contributed by atoms with Gasteiger partial charge in [0.25, 0.3) is 0 Å². The second-order valence-electron chi connectivity index (χ2n) is 5.92. The van der Waals surface area contributed by atoms with Gasteiger partial charge in [-0.1, -0.05) is 42.0 Å². The van der Waals surface area contributed by atoms with Crippen molar-refractivity contribution in [3.8, 4) is 0 Å². The molecule has 0 fully saturated rings. The molecule has 0 saturated heterocycles. The van der Waals surface area contributed by atoms with Crippen molar-refractivity contribution < 1.29 is 9.18 Å². The number of likely N-dealkylation sites (N-methyl/N-ethyl adjacent to an activating group) is 1. The van der Waals surface area contributed by atoms with Gasteiger partial charge < -0.3 is 5.32 Å². The van der Waals surface area contributed by atoms with Crippen molar-refractivity contribution in [3.63, 3.8) is 0 Å². The smallest absolute Gasteiger partial charge is 0.237 e. The summed E-state index contributed by atoms with van der Waals surface area (Å²) in [5.41, 5.74) is 3.12. The van der Waals surface area contributed by atoms with E-state index in [-0.39, 0.29) is 17.8 Å². The van der Waals surface area contributed by atoms with Gasteiger partial charge in [0.05, 0.1) is 6.04 Å². The molecule has 0 spiro atoms. The second kappa shape index (κ2) is 7.88. The van der Waals surface area contributed by atoms with Crippen LogP contribution in [-0.2, 0) is 17.9 Å². The Bertz CT molecular complexity index is 655. The predicted molar refractivity (Wildman–Crippen MR) is 90.4 cm³/mol. The van der Waals surface area contributed by atoms with E-state index in [1.807, 2.05) is 56.1 Å². The lowest BCUT2D eigenvalue weighted by atomic mass is 10.1. The van der Waals surface area contributed by atoms with E-state index in [4.69, 9.17) is 0 Å². The van der Waals surface area contributed by atoms with Crippen LogP contribution >= 0.6 is 0 Å². The first-order valence-electron chi connectivity index (χ1n) is 7.73. The van der Waals surface area contributed by atoms with Gasteiger partial charge in [-0.2, -0.15) is 0 Å². The molecule has 3 nitrogen and oxygen atoms in total. The van der Waals surface area contributed by atoms with Gasteiger partial charge in [0.2, 0.25) is 5.91 Å². The zero-order chi connectivity index (χ0) is 16.8. The maximum atomic E-state index is 13.2. The molecule has 0 heterocycles. The molecule has 0 aromatic heterocycles. The number of aryl methyl sites for hydroxylation is 1. The van der Waals surface area contributed by atoms with Crippen molar-refractivity contribution in [2.24, 2.45) is 0 Å². The highest BCUT2D eigenvalue weighted by Gasteiger charge is 2.17. The average Bonchev–Trinajstić information content (AvgIpc) is 2.53. The molecule has 1 unspecified atom stereocenters. The topological polar surface area (TPSA) is 32.3 Å². The first-order valence-corrected chi connectivity index (χ1v) is 7.73. The minimum Gasteiger partial charge on any atom is -0.351 e. The lowest BCUT2D eigenvalue weighted by Gasteiger charge is -2.24. The van der Waals surface area contributed by atoms with Crippen molar-refractivity contribution >= 4 is 5.91 Å². The standard InChI is InChI=1S/C19H23FN2O/c1-14-7-9-16(10-8-14)12-21-19(23)15(2)22(3)13-17-5-4-6-18(20)11-17/h4-11,15H,12-13H2,1-3H3,(H,21,23). The van der Waals surface area contributed by atoms with Crippen molar-refractivity contribution in [1.82, 2.24) is 10.2 Å². The zero-order valence-electron chi connectivity index (χ0n) is 13.8. The number of halogens is 1. The molecular weight excluding hydrogens is 291 g/mol. The Morgan fingerprint density at radius 2 is 1.87 bits per heavy atom. The fraction of sp³-hybridized carbons (Fsp3) is 0.316. The normalized spacial score (nSPS) is 12.2. The molecule has 122 valence electrons. The lowest BCUT2D eigenvalue weighted by Crippen LogP contribution is -2.42. The van der Waals surface area contributed by atoms with Crippen LogP contribution in [0.2, 0.25) is 0 Å². The molecule has 1 atom stereocenters. The van der Waals surface area contributed by atoms with E-state index in [1.165, 1.54) is 17.7 Å².